The zero-order valence-electron chi connectivity index (χ0n) is 11.3. The first-order valence-electron chi connectivity index (χ1n) is 6.87. The highest BCUT2D eigenvalue weighted by molar-refractivity contribution is 5.93. The van der Waals surface area contributed by atoms with E-state index in [1.807, 2.05) is 4.90 Å². The summed E-state index contributed by atoms with van der Waals surface area (Å²) in [7, 11) is 0. The Hall–Kier alpha value is -1.51. The van der Waals surface area contributed by atoms with Crippen molar-refractivity contribution >= 4 is 11.7 Å². The van der Waals surface area contributed by atoms with Crippen LogP contribution in [0.25, 0.3) is 0 Å². The third kappa shape index (κ3) is 2.84. The topological polar surface area (TPSA) is 32.3 Å². The average molecular weight is 246 g/mol. The van der Waals surface area contributed by atoms with Gasteiger partial charge in [0.25, 0.3) is 0 Å². The lowest BCUT2D eigenvalue weighted by molar-refractivity contribution is 0.245. The Labute approximate surface area is 109 Å². The molecule has 1 aromatic carbocycles. The van der Waals surface area contributed by atoms with Crippen LogP contribution in [-0.4, -0.2) is 19.1 Å². The highest BCUT2D eigenvalue weighted by atomic mass is 16.2. The van der Waals surface area contributed by atoms with E-state index < -0.39 is 0 Å². The monoisotopic (exact) mass is 246 g/mol. The van der Waals surface area contributed by atoms with Crippen molar-refractivity contribution in [1.29, 1.82) is 0 Å². The second-order valence-electron chi connectivity index (χ2n) is 4.97. The number of nitrogens with zero attached hydrogens (tertiary/aromatic N) is 1. The first-order valence-corrected chi connectivity index (χ1v) is 6.87. The molecule has 0 unspecified atom stereocenters. The molecule has 0 radical (unpaired) electrons. The molecule has 1 N–H and O–H groups in total. The summed E-state index contributed by atoms with van der Waals surface area (Å²) in [4.78, 5) is 14.0. The van der Waals surface area contributed by atoms with Gasteiger partial charge in [-0.05, 0) is 37.8 Å². The largest absolute Gasteiger partial charge is 0.338 e. The van der Waals surface area contributed by atoms with Crippen LogP contribution in [0.5, 0.6) is 0 Å². The van der Waals surface area contributed by atoms with E-state index in [4.69, 9.17) is 0 Å². The molecule has 3 nitrogen and oxygen atoms in total. The van der Waals surface area contributed by atoms with Crippen molar-refractivity contribution in [2.24, 2.45) is 0 Å². The summed E-state index contributed by atoms with van der Waals surface area (Å²) >= 11 is 0. The fourth-order valence-electron chi connectivity index (χ4n) is 2.40. The van der Waals surface area contributed by atoms with Crippen molar-refractivity contribution in [2.75, 3.05) is 18.0 Å². The molecule has 18 heavy (non-hydrogen) atoms. The quantitative estimate of drug-likeness (QED) is 0.816. The molecule has 1 aromatic rings. The van der Waals surface area contributed by atoms with E-state index in [-0.39, 0.29) is 6.03 Å². The van der Waals surface area contributed by atoms with Gasteiger partial charge in [0.15, 0.2) is 0 Å². The molecule has 2 amide bonds. The smallest absolute Gasteiger partial charge is 0.321 e. The summed E-state index contributed by atoms with van der Waals surface area (Å²) in [5.41, 5.74) is 3.65. The lowest BCUT2D eigenvalue weighted by Gasteiger charge is -2.29. The van der Waals surface area contributed by atoms with Crippen LogP contribution >= 0.6 is 0 Å². The molecule has 3 heteroatoms. The molecule has 1 heterocycles. The molecule has 0 bridgehead atoms. The Morgan fingerprint density at radius 2 is 2.28 bits per heavy atom. The van der Waals surface area contributed by atoms with Gasteiger partial charge in [0, 0.05) is 18.8 Å². The van der Waals surface area contributed by atoms with Gasteiger partial charge < -0.3 is 5.32 Å². The number of unbranched alkanes of at least 4 members (excludes halogenated alkanes) is 1. The van der Waals surface area contributed by atoms with Crippen LogP contribution < -0.4 is 10.2 Å². The molecule has 1 aliphatic heterocycles. The highest BCUT2D eigenvalue weighted by Crippen LogP contribution is 2.27. The maximum absolute atomic E-state index is 12.1. The number of carbonyl (C=O) groups excluding carboxylic acids is 1. The minimum Gasteiger partial charge on any atom is -0.338 e. The lowest BCUT2D eigenvalue weighted by atomic mass is 10.00. The van der Waals surface area contributed by atoms with Crippen LogP contribution in [-0.2, 0) is 6.42 Å². The maximum Gasteiger partial charge on any atom is 0.321 e. The predicted molar refractivity (Wildman–Crippen MR) is 75.2 cm³/mol. The normalized spacial score (nSPS) is 14.2. The first-order chi connectivity index (χ1) is 8.72. The van der Waals surface area contributed by atoms with Gasteiger partial charge in [0.2, 0.25) is 0 Å². The summed E-state index contributed by atoms with van der Waals surface area (Å²) in [5, 5.41) is 3.00. The van der Waals surface area contributed by atoms with E-state index in [0.717, 1.165) is 44.5 Å². The Kier molecular flexibility index (Phi) is 4.24. The molecule has 1 aliphatic rings. The maximum atomic E-state index is 12.1. The van der Waals surface area contributed by atoms with Crippen molar-refractivity contribution in [3.05, 3.63) is 29.3 Å². The second kappa shape index (κ2) is 5.89. The molecule has 98 valence electrons. The standard InChI is InChI=1S/C15H22N2O/c1-3-4-9-16-15(18)17-10-5-6-13-11-12(2)7-8-14(13)17/h7-8,11H,3-6,9-10H2,1-2H3,(H,16,18). The number of urea groups is 1. The summed E-state index contributed by atoms with van der Waals surface area (Å²) in [6.45, 7) is 5.83. The van der Waals surface area contributed by atoms with Gasteiger partial charge in [0.1, 0.15) is 0 Å². The van der Waals surface area contributed by atoms with E-state index in [9.17, 15) is 4.79 Å². The zero-order chi connectivity index (χ0) is 13.0. The Morgan fingerprint density at radius 3 is 3.06 bits per heavy atom. The van der Waals surface area contributed by atoms with Crippen LogP contribution in [0, 0.1) is 6.92 Å². The summed E-state index contributed by atoms with van der Waals surface area (Å²) < 4.78 is 0. The van der Waals surface area contributed by atoms with E-state index in [2.05, 4.69) is 37.4 Å². The van der Waals surface area contributed by atoms with Crippen molar-refractivity contribution in [3.8, 4) is 0 Å². The number of anilines is 1. The SMILES string of the molecule is CCCCNC(=O)N1CCCc2cc(C)ccc21. The predicted octanol–water partition coefficient (Wildman–Crippen LogP) is 3.26. The molecule has 0 atom stereocenters. The number of amides is 2. The molecule has 0 aliphatic carbocycles. The Bertz CT molecular complexity index is 429. The molecule has 0 aromatic heterocycles. The van der Waals surface area contributed by atoms with Gasteiger partial charge in [-0.1, -0.05) is 31.0 Å². The fraction of sp³-hybridized carbons (Fsp3) is 0.533. The molecule has 0 saturated heterocycles. The van der Waals surface area contributed by atoms with E-state index >= 15 is 0 Å². The van der Waals surface area contributed by atoms with Crippen LogP contribution in [0.1, 0.15) is 37.3 Å². The van der Waals surface area contributed by atoms with Crippen molar-refractivity contribution < 1.29 is 4.79 Å². The Morgan fingerprint density at radius 1 is 1.44 bits per heavy atom. The minimum atomic E-state index is 0.0493. The molecule has 0 fully saturated rings. The van der Waals surface area contributed by atoms with Gasteiger partial charge in [-0.25, -0.2) is 4.79 Å². The number of nitrogens with one attached hydrogen (secondary N) is 1. The zero-order valence-corrected chi connectivity index (χ0v) is 11.3. The Balaban J connectivity index is 2.09. The van der Waals surface area contributed by atoms with Crippen LogP contribution in [0.2, 0.25) is 0 Å². The number of rotatable bonds is 3. The number of aryl methyl sites for hydroxylation is 2. The van der Waals surface area contributed by atoms with Crippen molar-refractivity contribution in [1.82, 2.24) is 5.32 Å². The molecule has 2 rings (SSSR count). The van der Waals surface area contributed by atoms with Crippen molar-refractivity contribution in [2.45, 2.75) is 39.5 Å². The summed E-state index contributed by atoms with van der Waals surface area (Å²) in [6, 6.07) is 6.40. The van der Waals surface area contributed by atoms with E-state index in [1.165, 1.54) is 11.1 Å². The van der Waals surface area contributed by atoms with Crippen LogP contribution in [0.3, 0.4) is 0 Å². The van der Waals surface area contributed by atoms with Gasteiger partial charge in [-0.2, -0.15) is 0 Å². The summed E-state index contributed by atoms with van der Waals surface area (Å²) in [6.07, 6.45) is 4.28. The third-order valence-corrected chi connectivity index (χ3v) is 3.41. The van der Waals surface area contributed by atoms with E-state index in [0.29, 0.717) is 0 Å². The van der Waals surface area contributed by atoms with Gasteiger partial charge in [-0.3, -0.25) is 4.90 Å². The molecule has 0 saturated carbocycles. The van der Waals surface area contributed by atoms with Gasteiger partial charge >= 0.3 is 6.03 Å². The number of hydrogen-bond acceptors (Lipinski definition) is 1. The molecule has 0 spiro atoms. The minimum absolute atomic E-state index is 0.0493. The average Bonchev–Trinajstić information content (AvgIpc) is 2.37. The van der Waals surface area contributed by atoms with Crippen LogP contribution in [0.15, 0.2) is 18.2 Å². The lowest BCUT2D eigenvalue weighted by Crippen LogP contribution is -2.43. The van der Waals surface area contributed by atoms with Crippen LogP contribution in [0.4, 0.5) is 10.5 Å². The van der Waals surface area contributed by atoms with Gasteiger partial charge in [-0.15, -0.1) is 0 Å². The molecular formula is C15H22N2O. The highest BCUT2D eigenvalue weighted by Gasteiger charge is 2.21. The first kappa shape index (κ1) is 12.9. The van der Waals surface area contributed by atoms with Gasteiger partial charge in [0.05, 0.1) is 0 Å². The third-order valence-electron chi connectivity index (χ3n) is 3.41. The van der Waals surface area contributed by atoms with E-state index in [1.54, 1.807) is 0 Å². The number of benzene rings is 1. The van der Waals surface area contributed by atoms with Crippen molar-refractivity contribution in [3.63, 3.8) is 0 Å². The number of fused-ring (bicyclic) bond motifs is 1. The number of hydrogen-bond donors (Lipinski definition) is 1. The summed E-state index contributed by atoms with van der Waals surface area (Å²) in [5.74, 6) is 0. The fourth-order valence-corrected chi connectivity index (χ4v) is 2.40. The number of carbonyl (C=O) groups is 1. The molecular weight excluding hydrogens is 224 g/mol. The second-order valence-corrected chi connectivity index (χ2v) is 4.97.